The van der Waals surface area contributed by atoms with Crippen LogP contribution in [0.1, 0.15) is 32.4 Å². The van der Waals surface area contributed by atoms with Gasteiger partial charge in [0.1, 0.15) is 0 Å². The lowest BCUT2D eigenvalue weighted by atomic mass is 9.93. The van der Waals surface area contributed by atoms with E-state index in [0.29, 0.717) is 5.56 Å². The van der Waals surface area contributed by atoms with Crippen molar-refractivity contribution in [2.24, 2.45) is 7.05 Å². The van der Waals surface area contributed by atoms with E-state index in [1.54, 1.807) is 28.4 Å². The zero-order chi connectivity index (χ0) is 15.8. The molecule has 4 rings (SSSR count). The van der Waals surface area contributed by atoms with Gasteiger partial charge in [0.2, 0.25) is 0 Å². The molecule has 2 aromatic heterocycles. The molecule has 1 aliphatic rings. The first-order chi connectivity index (χ1) is 11.2. The van der Waals surface area contributed by atoms with Crippen molar-refractivity contribution in [3.63, 3.8) is 0 Å². The van der Waals surface area contributed by atoms with Crippen molar-refractivity contribution in [2.45, 2.75) is 12.5 Å². The molecule has 0 saturated carbocycles. The highest BCUT2D eigenvalue weighted by atomic mass is 32.1. The first kappa shape index (κ1) is 14.2. The Kier molecular flexibility index (Phi) is 3.50. The quantitative estimate of drug-likeness (QED) is 0.726. The van der Waals surface area contributed by atoms with Crippen LogP contribution in [0.3, 0.4) is 0 Å². The smallest absolute Gasteiger partial charge is 0.257 e. The number of aryl methyl sites for hydroxylation is 1. The van der Waals surface area contributed by atoms with Crippen LogP contribution in [0.15, 0.2) is 54.2 Å². The number of thiophene rings is 1. The molecule has 116 valence electrons. The van der Waals surface area contributed by atoms with Gasteiger partial charge in [-0.3, -0.25) is 9.48 Å². The first-order valence-corrected chi connectivity index (χ1v) is 8.53. The predicted octanol–water partition coefficient (Wildman–Crippen LogP) is 3.27. The van der Waals surface area contributed by atoms with Crippen LogP contribution in [-0.2, 0) is 13.5 Å². The van der Waals surface area contributed by atoms with Gasteiger partial charge in [-0.25, -0.2) is 0 Å². The Morgan fingerprint density at radius 2 is 2.09 bits per heavy atom. The summed E-state index contributed by atoms with van der Waals surface area (Å²) in [5.74, 6) is 0.0452. The van der Waals surface area contributed by atoms with Crippen LogP contribution < -0.4 is 0 Å². The molecule has 4 nitrogen and oxygen atoms in total. The molecule has 3 heterocycles. The Morgan fingerprint density at radius 1 is 1.26 bits per heavy atom. The van der Waals surface area contributed by atoms with E-state index in [4.69, 9.17) is 0 Å². The fraction of sp³-hybridized carbons (Fsp3) is 0.222. The number of carbonyl (C=O) groups excluding carboxylic acids is 1. The molecule has 0 aliphatic carbocycles. The molecule has 23 heavy (non-hydrogen) atoms. The van der Waals surface area contributed by atoms with Gasteiger partial charge in [0, 0.05) is 24.7 Å². The summed E-state index contributed by atoms with van der Waals surface area (Å²) in [7, 11) is 1.83. The topological polar surface area (TPSA) is 38.1 Å². The van der Waals surface area contributed by atoms with Crippen molar-refractivity contribution in [2.75, 3.05) is 6.54 Å². The minimum absolute atomic E-state index is 0.0149. The van der Waals surface area contributed by atoms with Crippen LogP contribution in [0.5, 0.6) is 0 Å². The summed E-state index contributed by atoms with van der Waals surface area (Å²) in [5, 5.41) is 6.26. The molecule has 0 unspecified atom stereocenters. The maximum atomic E-state index is 13.0. The second-order valence-corrected chi connectivity index (χ2v) is 6.76. The van der Waals surface area contributed by atoms with Crippen LogP contribution in [0.25, 0.3) is 0 Å². The first-order valence-electron chi connectivity index (χ1n) is 7.65. The molecule has 0 bridgehead atoms. The summed E-state index contributed by atoms with van der Waals surface area (Å²) >= 11 is 1.78. The second-order valence-electron chi connectivity index (χ2n) is 5.76. The van der Waals surface area contributed by atoms with Crippen LogP contribution in [-0.4, -0.2) is 27.1 Å². The largest absolute Gasteiger partial charge is 0.327 e. The molecule has 1 aromatic carbocycles. The molecule has 0 saturated heterocycles. The van der Waals surface area contributed by atoms with Gasteiger partial charge in [-0.2, -0.15) is 5.10 Å². The third kappa shape index (κ3) is 2.47. The average Bonchev–Trinajstić information content (AvgIpc) is 3.22. The lowest BCUT2D eigenvalue weighted by molar-refractivity contribution is 0.0696. The number of amides is 1. The molecule has 5 heteroatoms. The summed E-state index contributed by atoms with van der Waals surface area (Å²) in [5.41, 5.74) is 3.06. The second kappa shape index (κ2) is 5.66. The van der Waals surface area contributed by atoms with Crippen LogP contribution in [0, 0.1) is 0 Å². The Bertz CT molecular complexity index is 837. The van der Waals surface area contributed by atoms with Crippen LogP contribution in [0.4, 0.5) is 0 Å². The molecule has 0 spiro atoms. The number of carbonyl (C=O) groups is 1. The molecular formula is C18H17N3OS. The van der Waals surface area contributed by atoms with Gasteiger partial charge in [0.25, 0.3) is 5.91 Å². The zero-order valence-electron chi connectivity index (χ0n) is 12.8. The molecule has 3 aromatic rings. The Morgan fingerprint density at radius 3 is 2.83 bits per heavy atom. The monoisotopic (exact) mass is 323 g/mol. The van der Waals surface area contributed by atoms with Gasteiger partial charge >= 0.3 is 0 Å². The van der Waals surface area contributed by atoms with Crippen molar-refractivity contribution >= 4 is 17.2 Å². The van der Waals surface area contributed by atoms with Crippen molar-refractivity contribution in [3.05, 3.63) is 75.7 Å². The van der Waals surface area contributed by atoms with E-state index in [1.165, 1.54) is 10.4 Å². The number of hydrogen-bond donors (Lipinski definition) is 0. The van der Waals surface area contributed by atoms with E-state index < -0.39 is 0 Å². The number of hydrogen-bond acceptors (Lipinski definition) is 3. The van der Waals surface area contributed by atoms with Gasteiger partial charge in [-0.05, 0) is 29.0 Å². The van der Waals surface area contributed by atoms with Crippen molar-refractivity contribution in [1.82, 2.24) is 14.7 Å². The molecule has 1 aliphatic heterocycles. The molecule has 1 amide bonds. The lowest BCUT2D eigenvalue weighted by Gasteiger charge is -2.36. The van der Waals surface area contributed by atoms with Gasteiger partial charge in [0.05, 0.1) is 17.8 Å². The van der Waals surface area contributed by atoms with Crippen LogP contribution in [0.2, 0.25) is 0 Å². The Hall–Kier alpha value is -2.40. The summed E-state index contributed by atoms with van der Waals surface area (Å²) in [6.45, 7) is 0.737. The zero-order valence-corrected chi connectivity index (χ0v) is 13.7. The van der Waals surface area contributed by atoms with Gasteiger partial charge in [-0.1, -0.05) is 30.3 Å². The van der Waals surface area contributed by atoms with Gasteiger partial charge < -0.3 is 4.90 Å². The molecular weight excluding hydrogens is 306 g/mol. The third-order valence-corrected chi connectivity index (χ3v) is 5.29. The number of nitrogens with zero attached hydrogens (tertiary/aromatic N) is 3. The Labute approximate surface area is 139 Å². The maximum Gasteiger partial charge on any atom is 0.257 e. The van der Waals surface area contributed by atoms with Crippen molar-refractivity contribution in [1.29, 1.82) is 0 Å². The molecule has 0 fully saturated rings. The van der Waals surface area contributed by atoms with E-state index in [-0.39, 0.29) is 11.9 Å². The van der Waals surface area contributed by atoms with Crippen molar-refractivity contribution in [3.8, 4) is 0 Å². The number of rotatable bonds is 2. The van der Waals surface area contributed by atoms with E-state index in [9.17, 15) is 4.79 Å². The Balaban J connectivity index is 1.78. The normalized spacial score (nSPS) is 17.1. The van der Waals surface area contributed by atoms with E-state index >= 15 is 0 Å². The van der Waals surface area contributed by atoms with Crippen LogP contribution >= 0.6 is 11.3 Å². The number of aromatic nitrogens is 2. The highest BCUT2D eigenvalue weighted by Crippen LogP contribution is 2.38. The summed E-state index contributed by atoms with van der Waals surface area (Å²) < 4.78 is 1.67. The minimum atomic E-state index is -0.0149. The molecule has 0 radical (unpaired) electrons. The molecule has 0 N–H and O–H groups in total. The van der Waals surface area contributed by atoms with Gasteiger partial charge in [0.15, 0.2) is 0 Å². The highest BCUT2D eigenvalue weighted by molar-refractivity contribution is 7.10. The van der Waals surface area contributed by atoms with Gasteiger partial charge in [-0.15, -0.1) is 11.3 Å². The lowest BCUT2D eigenvalue weighted by Crippen LogP contribution is -2.40. The van der Waals surface area contributed by atoms with Crippen molar-refractivity contribution < 1.29 is 4.79 Å². The fourth-order valence-corrected chi connectivity index (χ4v) is 4.13. The van der Waals surface area contributed by atoms with E-state index in [2.05, 4.69) is 28.7 Å². The number of benzene rings is 1. The maximum absolute atomic E-state index is 13.0. The minimum Gasteiger partial charge on any atom is -0.327 e. The highest BCUT2D eigenvalue weighted by Gasteiger charge is 2.33. The fourth-order valence-electron chi connectivity index (χ4n) is 3.23. The summed E-state index contributed by atoms with van der Waals surface area (Å²) in [4.78, 5) is 16.4. The van der Waals surface area contributed by atoms with E-state index in [0.717, 1.165) is 18.5 Å². The van der Waals surface area contributed by atoms with E-state index in [1.807, 2.05) is 30.1 Å². The third-order valence-electron chi connectivity index (χ3n) is 4.29. The summed E-state index contributed by atoms with van der Waals surface area (Å²) in [6, 6.07) is 12.4. The number of fused-ring (bicyclic) bond motifs is 1. The standard InChI is InChI=1S/C18H17N3OS/c1-20-12-14(11-19-20)18(22)21-9-7-16-15(8-10-23-16)17(21)13-5-3-2-4-6-13/h2-6,8,10-12,17H,7,9H2,1H3/t17-/m0/s1. The SMILES string of the molecule is Cn1cc(C(=O)N2CCc3sccc3[C@@H]2c2ccccc2)cn1. The predicted molar refractivity (Wildman–Crippen MR) is 90.6 cm³/mol. The average molecular weight is 323 g/mol. The molecule has 1 atom stereocenters. The summed E-state index contributed by atoms with van der Waals surface area (Å²) in [6.07, 6.45) is 4.35.